The van der Waals surface area contributed by atoms with E-state index in [1.54, 1.807) is 0 Å². The number of fused-ring (bicyclic) bond motifs is 2. The molecule has 0 amide bonds. The number of hydrogen-bond donors (Lipinski definition) is 4. The Kier molecular flexibility index (Phi) is 13.0. The van der Waals surface area contributed by atoms with Crippen molar-refractivity contribution in [1.82, 2.24) is 0 Å². The molecule has 6 heteroatoms. The first-order valence-electron chi connectivity index (χ1n) is 20.6. The van der Waals surface area contributed by atoms with Gasteiger partial charge < -0.3 is 31.2 Å². The van der Waals surface area contributed by atoms with Crippen LogP contribution in [0.25, 0.3) is 0 Å². The minimum Gasteiger partial charge on any atom is -0.394 e. The lowest BCUT2D eigenvalue weighted by Crippen LogP contribution is -2.40. The topological polar surface area (TPSA) is 111 Å². The summed E-state index contributed by atoms with van der Waals surface area (Å²) in [4.78, 5) is 0. The van der Waals surface area contributed by atoms with Crippen molar-refractivity contribution >= 4 is 0 Å². The number of aryl methyl sites for hydroxylation is 2. The maximum atomic E-state index is 9.52. The standard InChI is InChI=1S/2C24H31NO2/c2*25-24(17-26)11-10-23(14-24)22-9-8-20-12-19(6-7-21(20)13-22)16-27-15-18-4-2-1-3-5-18/h2*1-5,8-9,13,19,23,26H,6-7,10-12,14-17,25H2/t19-,23+,24-;19-,23-,24+/m10/s1. The van der Waals surface area contributed by atoms with Gasteiger partial charge in [-0.2, -0.15) is 0 Å². The van der Waals surface area contributed by atoms with Crippen molar-refractivity contribution in [3.05, 3.63) is 142 Å². The summed E-state index contributed by atoms with van der Waals surface area (Å²) < 4.78 is 12.0. The van der Waals surface area contributed by atoms with Crippen LogP contribution >= 0.6 is 0 Å². The molecule has 0 heterocycles. The van der Waals surface area contributed by atoms with Crippen LogP contribution in [-0.2, 0) is 48.4 Å². The van der Waals surface area contributed by atoms with E-state index in [0.717, 1.165) is 77.4 Å². The highest BCUT2D eigenvalue weighted by molar-refractivity contribution is 5.38. The molecule has 4 aliphatic carbocycles. The lowest BCUT2D eigenvalue weighted by Gasteiger charge is -2.26. The molecule has 8 rings (SSSR count). The van der Waals surface area contributed by atoms with Crippen LogP contribution in [0.2, 0.25) is 0 Å². The summed E-state index contributed by atoms with van der Waals surface area (Å²) in [5.74, 6) is 2.23. The summed E-state index contributed by atoms with van der Waals surface area (Å²) >= 11 is 0. The van der Waals surface area contributed by atoms with Crippen LogP contribution in [0.1, 0.15) is 108 Å². The predicted octanol–water partition coefficient (Wildman–Crippen LogP) is 7.93. The molecule has 0 aliphatic heterocycles. The molecule has 0 unspecified atom stereocenters. The van der Waals surface area contributed by atoms with Crippen LogP contribution in [0.5, 0.6) is 0 Å². The highest BCUT2D eigenvalue weighted by atomic mass is 16.5. The molecular formula is C48H62N2O4. The quantitative estimate of drug-likeness (QED) is 0.118. The molecule has 4 aromatic carbocycles. The van der Waals surface area contributed by atoms with Crippen molar-refractivity contribution in [2.24, 2.45) is 23.3 Å². The van der Waals surface area contributed by atoms with Gasteiger partial charge in [0.15, 0.2) is 0 Å². The number of aliphatic hydroxyl groups excluding tert-OH is 2. The van der Waals surface area contributed by atoms with E-state index in [0.29, 0.717) is 36.9 Å². The van der Waals surface area contributed by atoms with E-state index in [2.05, 4.69) is 84.9 Å². The summed E-state index contributed by atoms with van der Waals surface area (Å²) in [6.45, 7) is 3.28. The van der Waals surface area contributed by atoms with Crippen molar-refractivity contribution in [3.63, 3.8) is 0 Å². The van der Waals surface area contributed by atoms with E-state index in [9.17, 15) is 10.2 Å². The van der Waals surface area contributed by atoms with Crippen molar-refractivity contribution < 1.29 is 19.7 Å². The Balaban J connectivity index is 0.000000167. The first-order valence-corrected chi connectivity index (χ1v) is 20.6. The fraction of sp³-hybridized carbons (Fsp3) is 0.500. The molecule has 2 saturated carbocycles. The van der Waals surface area contributed by atoms with Gasteiger partial charge in [-0.05, 0) is 145 Å². The molecule has 6 nitrogen and oxygen atoms in total. The summed E-state index contributed by atoms with van der Waals surface area (Å²) in [6.07, 6.45) is 12.7. The maximum Gasteiger partial charge on any atom is 0.0717 e. The zero-order valence-corrected chi connectivity index (χ0v) is 32.1. The number of nitrogens with two attached hydrogens (primary N) is 2. The van der Waals surface area contributed by atoms with Gasteiger partial charge in [0.05, 0.1) is 39.6 Å². The first kappa shape index (κ1) is 38.9. The van der Waals surface area contributed by atoms with Crippen LogP contribution in [0, 0.1) is 11.8 Å². The van der Waals surface area contributed by atoms with E-state index >= 15 is 0 Å². The third kappa shape index (κ3) is 10.1. The second-order valence-electron chi connectivity index (χ2n) is 17.2. The van der Waals surface area contributed by atoms with Crippen molar-refractivity contribution in [1.29, 1.82) is 0 Å². The van der Waals surface area contributed by atoms with Crippen LogP contribution in [0.4, 0.5) is 0 Å². The van der Waals surface area contributed by atoms with Crippen LogP contribution in [-0.4, -0.2) is 47.7 Å². The number of hydrogen-bond acceptors (Lipinski definition) is 6. The number of benzene rings is 4. The summed E-state index contributed by atoms with van der Waals surface area (Å²) in [5.41, 5.74) is 23.1. The molecule has 0 spiro atoms. The second-order valence-corrected chi connectivity index (χ2v) is 17.2. The molecule has 0 bridgehead atoms. The van der Waals surface area contributed by atoms with Gasteiger partial charge in [0.25, 0.3) is 0 Å². The van der Waals surface area contributed by atoms with Crippen molar-refractivity contribution in [2.45, 2.75) is 113 Å². The molecule has 0 aromatic heterocycles. The zero-order valence-electron chi connectivity index (χ0n) is 32.1. The highest BCUT2D eigenvalue weighted by Crippen LogP contribution is 2.42. The average molecular weight is 731 g/mol. The Hall–Kier alpha value is -3.36. The molecule has 0 saturated heterocycles. The summed E-state index contributed by atoms with van der Waals surface area (Å²) in [7, 11) is 0. The van der Waals surface area contributed by atoms with E-state index in [-0.39, 0.29) is 24.3 Å². The molecule has 0 radical (unpaired) electrons. The molecule has 2 fully saturated rings. The molecule has 6 N–H and O–H groups in total. The Morgan fingerprint density at radius 3 is 1.35 bits per heavy atom. The van der Waals surface area contributed by atoms with Gasteiger partial charge in [-0.3, -0.25) is 0 Å². The second kappa shape index (κ2) is 18.1. The molecule has 6 atom stereocenters. The van der Waals surface area contributed by atoms with Gasteiger partial charge >= 0.3 is 0 Å². The van der Waals surface area contributed by atoms with Gasteiger partial charge in [0, 0.05) is 11.1 Å². The van der Waals surface area contributed by atoms with Gasteiger partial charge in [-0.1, -0.05) is 97.1 Å². The third-order valence-corrected chi connectivity index (χ3v) is 12.9. The Morgan fingerprint density at radius 2 is 0.963 bits per heavy atom. The molecule has 288 valence electrons. The number of ether oxygens (including phenoxy) is 2. The number of aliphatic hydroxyl groups is 2. The highest BCUT2D eigenvalue weighted by Gasteiger charge is 2.37. The van der Waals surface area contributed by atoms with Crippen LogP contribution in [0.3, 0.4) is 0 Å². The molecule has 54 heavy (non-hydrogen) atoms. The monoisotopic (exact) mass is 730 g/mol. The fourth-order valence-corrected chi connectivity index (χ4v) is 9.50. The van der Waals surface area contributed by atoms with E-state index in [1.807, 2.05) is 12.1 Å². The minimum absolute atomic E-state index is 0.0963. The van der Waals surface area contributed by atoms with Crippen molar-refractivity contribution in [3.8, 4) is 0 Å². The van der Waals surface area contributed by atoms with E-state index in [1.165, 1.54) is 57.3 Å². The van der Waals surface area contributed by atoms with E-state index in [4.69, 9.17) is 20.9 Å². The molecular weight excluding hydrogens is 669 g/mol. The fourth-order valence-electron chi connectivity index (χ4n) is 9.50. The summed E-state index contributed by atoms with van der Waals surface area (Å²) in [6, 6.07) is 34.8. The van der Waals surface area contributed by atoms with Crippen LogP contribution in [0.15, 0.2) is 97.1 Å². The normalized spacial score (nSPS) is 27.5. The Bertz CT molecular complexity index is 1650. The van der Waals surface area contributed by atoms with Crippen molar-refractivity contribution in [2.75, 3.05) is 26.4 Å². The SMILES string of the molecule is N[C@]1(CO)CC[C@H](c2ccc3c(c2)CC[C@@H](COCc2ccccc2)C3)C1.N[C@]1(CO)CC[C@H](c2ccc3c(c2)CC[C@H](COCc2ccccc2)C3)C1. The maximum absolute atomic E-state index is 9.52. The lowest BCUT2D eigenvalue weighted by molar-refractivity contribution is 0.0823. The zero-order chi connectivity index (χ0) is 37.4. The van der Waals surface area contributed by atoms with Gasteiger partial charge in [0.2, 0.25) is 0 Å². The average Bonchev–Trinajstić information content (AvgIpc) is 3.82. The molecule has 4 aliphatic rings. The largest absolute Gasteiger partial charge is 0.394 e. The molecule has 4 aromatic rings. The predicted molar refractivity (Wildman–Crippen MR) is 217 cm³/mol. The lowest BCUT2D eigenvalue weighted by atomic mass is 9.82. The van der Waals surface area contributed by atoms with Gasteiger partial charge in [-0.25, -0.2) is 0 Å². The van der Waals surface area contributed by atoms with Crippen LogP contribution < -0.4 is 11.5 Å². The third-order valence-electron chi connectivity index (χ3n) is 12.9. The number of rotatable bonds is 12. The smallest absolute Gasteiger partial charge is 0.0717 e. The van der Waals surface area contributed by atoms with Gasteiger partial charge in [0.1, 0.15) is 0 Å². The summed E-state index contributed by atoms with van der Waals surface area (Å²) in [5, 5.41) is 19.0. The Morgan fingerprint density at radius 1 is 0.537 bits per heavy atom. The Labute approximate surface area is 323 Å². The minimum atomic E-state index is -0.373. The first-order chi connectivity index (χ1) is 26.3. The van der Waals surface area contributed by atoms with E-state index < -0.39 is 0 Å². The van der Waals surface area contributed by atoms with Gasteiger partial charge in [-0.15, -0.1) is 0 Å².